The Morgan fingerprint density at radius 1 is 1.48 bits per heavy atom. The predicted octanol–water partition coefficient (Wildman–Crippen LogP) is 2.55. The number of quaternary nitrogens is 1. The van der Waals surface area contributed by atoms with E-state index in [0.717, 1.165) is 6.07 Å². The van der Waals surface area contributed by atoms with Crippen LogP contribution in [0.3, 0.4) is 0 Å². The average molecular weight is 339 g/mol. The lowest BCUT2D eigenvalue weighted by molar-refractivity contribution is -0.741. The van der Waals surface area contributed by atoms with Crippen LogP contribution in [0.4, 0.5) is 9.18 Å². The second-order valence-corrected chi connectivity index (χ2v) is 7.45. The number of aromatic hydroxyl groups is 1. The van der Waals surface area contributed by atoms with Crippen molar-refractivity contribution in [3.05, 3.63) is 23.0 Å². The summed E-state index contributed by atoms with van der Waals surface area (Å²) in [7, 11) is -4.56. The van der Waals surface area contributed by atoms with E-state index in [4.69, 9.17) is 11.6 Å². The SMILES string of the molecule is C[C@@H]1CCC[N+]1(C(=O)O)S(=O)(=O)c1cc(F)cc(Cl)c1O. The molecule has 1 unspecified atom stereocenters. The first-order valence-electron chi connectivity index (χ1n) is 6.19. The number of halogens is 2. The molecule has 0 aromatic heterocycles. The third-order valence-corrected chi connectivity index (χ3v) is 6.56. The predicted molar refractivity (Wildman–Crippen MR) is 72.1 cm³/mol. The lowest BCUT2D eigenvalue weighted by atomic mass is 10.2. The number of carbonyl (C=O) groups is 1. The van der Waals surface area contributed by atoms with Crippen LogP contribution in [0.1, 0.15) is 19.8 Å². The van der Waals surface area contributed by atoms with Crippen LogP contribution in [-0.2, 0) is 10.0 Å². The first kappa shape index (κ1) is 16.0. The summed E-state index contributed by atoms with van der Waals surface area (Å²) in [6, 6.07) is 0.632. The van der Waals surface area contributed by atoms with E-state index in [-0.39, 0.29) is 6.54 Å². The van der Waals surface area contributed by atoms with Crippen molar-refractivity contribution in [3.63, 3.8) is 0 Å². The summed E-state index contributed by atoms with van der Waals surface area (Å²) in [6.45, 7) is 1.35. The van der Waals surface area contributed by atoms with Gasteiger partial charge in [-0.2, -0.15) is 13.2 Å². The molecule has 0 bridgehead atoms. The monoisotopic (exact) mass is 338 g/mol. The van der Waals surface area contributed by atoms with Crippen molar-refractivity contribution in [1.82, 2.24) is 0 Å². The fourth-order valence-corrected chi connectivity index (χ4v) is 5.09. The van der Waals surface area contributed by atoms with Crippen LogP contribution in [-0.4, -0.2) is 41.2 Å². The summed E-state index contributed by atoms with van der Waals surface area (Å²) in [4.78, 5) is 10.8. The Morgan fingerprint density at radius 3 is 2.57 bits per heavy atom. The summed E-state index contributed by atoms with van der Waals surface area (Å²) in [5, 5.41) is 18.8. The molecule has 1 heterocycles. The maximum atomic E-state index is 13.4. The van der Waals surface area contributed by atoms with Crippen molar-refractivity contribution >= 4 is 27.7 Å². The largest absolute Gasteiger partial charge is 0.529 e. The Bertz CT molecular complexity index is 708. The number of hydrogen-bond acceptors (Lipinski definition) is 4. The van der Waals surface area contributed by atoms with Crippen LogP contribution in [0, 0.1) is 5.82 Å². The van der Waals surface area contributed by atoms with Gasteiger partial charge in [0, 0.05) is 18.9 Å². The molecule has 2 N–H and O–H groups in total. The Kier molecular flexibility index (Phi) is 3.90. The molecule has 0 saturated carbocycles. The molecule has 9 heteroatoms. The lowest BCUT2D eigenvalue weighted by Gasteiger charge is -2.31. The number of amides is 1. The molecule has 1 aliphatic rings. The van der Waals surface area contributed by atoms with Crippen molar-refractivity contribution in [2.45, 2.75) is 30.7 Å². The minimum atomic E-state index is -4.56. The molecule has 1 aromatic rings. The van der Waals surface area contributed by atoms with Gasteiger partial charge < -0.3 is 10.2 Å². The van der Waals surface area contributed by atoms with E-state index in [1.807, 2.05) is 0 Å². The number of nitrogens with zero attached hydrogens (tertiary/aromatic N) is 1. The topological polar surface area (TPSA) is 91.7 Å². The highest BCUT2D eigenvalue weighted by molar-refractivity contribution is 7.86. The number of benzene rings is 1. The van der Waals surface area contributed by atoms with Crippen molar-refractivity contribution in [3.8, 4) is 5.75 Å². The van der Waals surface area contributed by atoms with Crippen LogP contribution < -0.4 is 0 Å². The van der Waals surface area contributed by atoms with Crippen molar-refractivity contribution in [2.24, 2.45) is 0 Å². The molecule has 2 rings (SSSR count). The second-order valence-electron chi connectivity index (χ2n) is 5.00. The molecule has 1 fully saturated rings. The summed E-state index contributed by atoms with van der Waals surface area (Å²) >= 11 is 5.58. The zero-order valence-corrected chi connectivity index (χ0v) is 12.7. The average Bonchev–Trinajstić information content (AvgIpc) is 2.76. The normalized spacial score (nSPS) is 26.0. The molecule has 21 heavy (non-hydrogen) atoms. The van der Waals surface area contributed by atoms with Gasteiger partial charge in [0.2, 0.25) is 0 Å². The smallest absolute Gasteiger partial charge is 0.505 e. The Labute approximate surface area is 126 Å². The van der Waals surface area contributed by atoms with Crippen molar-refractivity contribution in [2.75, 3.05) is 6.54 Å². The van der Waals surface area contributed by atoms with Gasteiger partial charge in [-0.05, 0) is 13.0 Å². The summed E-state index contributed by atoms with van der Waals surface area (Å²) in [5.74, 6) is -1.80. The third-order valence-electron chi connectivity index (χ3n) is 3.85. The molecule has 1 amide bonds. The number of sulfonamides is 1. The first-order chi connectivity index (χ1) is 9.64. The first-order valence-corrected chi connectivity index (χ1v) is 8.01. The molecular weight excluding hydrogens is 325 g/mol. The lowest BCUT2D eigenvalue weighted by Crippen LogP contribution is -2.58. The highest BCUT2D eigenvalue weighted by Crippen LogP contribution is 2.41. The Morgan fingerprint density at radius 2 is 2.10 bits per heavy atom. The highest BCUT2D eigenvalue weighted by Gasteiger charge is 2.58. The molecule has 0 radical (unpaired) electrons. The molecule has 1 aromatic carbocycles. The molecular formula is C12H14ClFNO5S+. The standard InChI is InChI=1S/C12H13ClFNO5S/c1-7-3-2-4-15(7,12(17)18)21(19,20)10-6-8(14)5-9(13)11(10)16/h5-7H,2-4H2,1H3,(H-,16,17,18)/p+1/t7-,15?/m1/s1. The minimum Gasteiger partial charge on any atom is -0.505 e. The van der Waals surface area contributed by atoms with Gasteiger partial charge in [-0.25, -0.2) is 4.39 Å². The third kappa shape index (κ3) is 2.18. The molecule has 1 aliphatic heterocycles. The number of likely N-dealkylation sites (tertiary alicyclic amines) is 1. The Balaban J connectivity index is 2.75. The van der Waals surface area contributed by atoms with Gasteiger partial charge in [0.1, 0.15) is 18.4 Å². The fraction of sp³-hybridized carbons (Fsp3) is 0.417. The number of hydrogen-bond donors (Lipinski definition) is 2. The summed E-state index contributed by atoms with van der Waals surface area (Å²) in [5.41, 5.74) is 0. The van der Waals surface area contributed by atoms with Gasteiger partial charge in [-0.3, -0.25) is 0 Å². The number of carboxylic acid groups (broad SMARTS) is 1. The van der Waals surface area contributed by atoms with E-state index in [1.54, 1.807) is 0 Å². The molecule has 2 atom stereocenters. The highest BCUT2D eigenvalue weighted by atomic mass is 35.5. The van der Waals surface area contributed by atoms with Gasteiger partial charge in [-0.15, -0.1) is 3.89 Å². The summed E-state index contributed by atoms with van der Waals surface area (Å²) in [6.07, 6.45) is -0.758. The molecule has 0 spiro atoms. The quantitative estimate of drug-likeness (QED) is 0.808. The fourth-order valence-electron chi connectivity index (χ4n) is 2.71. The zero-order chi connectivity index (χ0) is 16.0. The molecule has 116 valence electrons. The van der Waals surface area contributed by atoms with E-state index >= 15 is 0 Å². The number of phenols is 1. The maximum Gasteiger partial charge on any atom is 0.529 e. The van der Waals surface area contributed by atoms with E-state index in [0.29, 0.717) is 18.9 Å². The van der Waals surface area contributed by atoms with E-state index in [9.17, 15) is 27.8 Å². The van der Waals surface area contributed by atoms with Gasteiger partial charge in [0.15, 0.2) is 10.6 Å². The van der Waals surface area contributed by atoms with Crippen LogP contribution >= 0.6 is 11.6 Å². The van der Waals surface area contributed by atoms with Crippen LogP contribution in [0.5, 0.6) is 5.75 Å². The van der Waals surface area contributed by atoms with Crippen molar-refractivity contribution < 1.29 is 31.7 Å². The number of rotatable bonds is 2. The van der Waals surface area contributed by atoms with Crippen LogP contribution in [0.15, 0.2) is 17.0 Å². The van der Waals surface area contributed by atoms with E-state index < -0.39 is 47.5 Å². The van der Waals surface area contributed by atoms with Gasteiger partial charge in [-0.1, -0.05) is 11.6 Å². The van der Waals surface area contributed by atoms with Crippen LogP contribution in [0.25, 0.3) is 0 Å². The van der Waals surface area contributed by atoms with Gasteiger partial charge in [0.25, 0.3) is 0 Å². The van der Waals surface area contributed by atoms with Crippen molar-refractivity contribution in [1.29, 1.82) is 0 Å². The molecule has 0 aliphatic carbocycles. The Hall–Kier alpha value is -1.38. The van der Waals surface area contributed by atoms with Gasteiger partial charge >= 0.3 is 16.1 Å². The second kappa shape index (κ2) is 5.11. The van der Waals surface area contributed by atoms with Crippen LogP contribution in [0.2, 0.25) is 5.02 Å². The van der Waals surface area contributed by atoms with Gasteiger partial charge in [0.05, 0.1) is 5.02 Å². The molecule has 6 nitrogen and oxygen atoms in total. The number of phenolic OH excluding ortho intramolecular Hbond substituents is 1. The maximum absolute atomic E-state index is 13.4. The zero-order valence-electron chi connectivity index (χ0n) is 11.1. The van der Waals surface area contributed by atoms with E-state index in [1.165, 1.54) is 6.92 Å². The molecule has 1 saturated heterocycles. The van der Waals surface area contributed by atoms with E-state index in [2.05, 4.69) is 0 Å². The summed E-state index contributed by atoms with van der Waals surface area (Å²) < 4.78 is 37.6. The minimum absolute atomic E-state index is 0.146.